The first kappa shape index (κ1) is 27.8. The largest absolute Gasteiger partial charge is 0.348 e. The van der Waals surface area contributed by atoms with Gasteiger partial charge in [-0.05, 0) is 56.2 Å². The van der Waals surface area contributed by atoms with Crippen LogP contribution in [0.25, 0.3) is 0 Å². The van der Waals surface area contributed by atoms with E-state index in [1.807, 2.05) is 22.2 Å². The third kappa shape index (κ3) is 6.96. The first-order valence-corrected chi connectivity index (χ1v) is 15.3. The Kier molecular flexibility index (Phi) is 8.62. The lowest BCUT2D eigenvalue weighted by Gasteiger charge is -2.39. The minimum atomic E-state index is -0.0194. The summed E-state index contributed by atoms with van der Waals surface area (Å²) in [4.78, 5) is 47.4. The van der Waals surface area contributed by atoms with E-state index in [0.29, 0.717) is 19.1 Å². The number of benzene rings is 1. The first-order chi connectivity index (χ1) is 20.1. The van der Waals surface area contributed by atoms with E-state index >= 15 is 0 Å². The van der Waals surface area contributed by atoms with Gasteiger partial charge in [0.1, 0.15) is 12.2 Å². The number of carbonyl (C=O) groups is 2. The van der Waals surface area contributed by atoms with Gasteiger partial charge >= 0.3 is 0 Å². The summed E-state index contributed by atoms with van der Waals surface area (Å²) < 4.78 is 0. The molecule has 3 saturated heterocycles. The second kappa shape index (κ2) is 12.7. The molecule has 0 bridgehead atoms. The summed E-state index contributed by atoms with van der Waals surface area (Å²) in [6.07, 6.45) is 13.6. The Balaban J connectivity index is 0.953. The van der Waals surface area contributed by atoms with Gasteiger partial charge < -0.3 is 14.8 Å². The number of piperidine rings is 2. The summed E-state index contributed by atoms with van der Waals surface area (Å²) in [5.74, 6) is 0.937. The molecule has 9 heteroatoms. The predicted octanol–water partition coefficient (Wildman–Crippen LogP) is 3.47. The van der Waals surface area contributed by atoms with Gasteiger partial charge in [0.2, 0.25) is 11.8 Å². The van der Waals surface area contributed by atoms with Crippen molar-refractivity contribution in [2.24, 2.45) is 10.4 Å². The minimum absolute atomic E-state index is 0.000532. The van der Waals surface area contributed by atoms with Crippen LogP contribution < -0.4 is 0 Å². The molecule has 1 aromatic heterocycles. The maximum absolute atomic E-state index is 13.2. The lowest BCUT2D eigenvalue weighted by Crippen LogP contribution is -2.48. The summed E-state index contributed by atoms with van der Waals surface area (Å²) in [5.41, 5.74) is 2.76. The Morgan fingerprint density at radius 1 is 0.951 bits per heavy atom. The average molecular weight is 558 g/mol. The Bertz CT molecular complexity index is 1230. The first-order valence-electron chi connectivity index (χ1n) is 15.3. The van der Waals surface area contributed by atoms with E-state index in [9.17, 15) is 9.59 Å². The molecule has 1 spiro atoms. The zero-order valence-corrected chi connectivity index (χ0v) is 24.1. The van der Waals surface area contributed by atoms with Crippen LogP contribution >= 0.6 is 0 Å². The van der Waals surface area contributed by atoms with Crippen LogP contribution in [0, 0.1) is 5.41 Å². The zero-order chi connectivity index (χ0) is 28.1. The van der Waals surface area contributed by atoms with Crippen molar-refractivity contribution >= 4 is 17.5 Å². The number of H-pyrrole nitrogens is 1. The van der Waals surface area contributed by atoms with Gasteiger partial charge in [0, 0.05) is 76.0 Å². The number of nitrogens with zero attached hydrogens (tertiary/aromatic N) is 6. The molecule has 0 aliphatic carbocycles. The van der Waals surface area contributed by atoms with Crippen molar-refractivity contribution in [3.05, 3.63) is 66.4 Å². The molecule has 5 heterocycles. The molecule has 1 N–H and O–H groups in total. The van der Waals surface area contributed by atoms with E-state index in [2.05, 4.69) is 61.2 Å². The maximum Gasteiger partial charge on any atom is 0.232 e. The van der Waals surface area contributed by atoms with Crippen LogP contribution in [0.4, 0.5) is 0 Å². The topological polar surface area (TPSA) is 88.1 Å². The van der Waals surface area contributed by atoms with E-state index in [1.54, 1.807) is 6.20 Å². The lowest BCUT2D eigenvalue weighted by molar-refractivity contribution is -0.141. The Morgan fingerprint density at radius 2 is 1.71 bits per heavy atom. The molecular weight excluding hydrogens is 514 g/mol. The van der Waals surface area contributed by atoms with E-state index in [0.717, 1.165) is 90.2 Å². The summed E-state index contributed by atoms with van der Waals surface area (Å²) in [6, 6.07) is 11.0. The highest BCUT2D eigenvalue weighted by Crippen LogP contribution is 2.40. The molecule has 0 saturated carbocycles. The van der Waals surface area contributed by atoms with Gasteiger partial charge in [0.25, 0.3) is 0 Å². The molecule has 0 radical (unpaired) electrons. The fourth-order valence-corrected chi connectivity index (χ4v) is 7.05. The fraction of sp³-hybridized carbons (Fsp3) is 0.562. The number of allylic oxidation sites excluding steroid dienone is 1. The van der Waals surface area contributed by atoms with Crippen molar-refractivity contribution in [2.75, 3.05) is 45.8 Å². The highest BCUT2D eigenvalue weighted by molar-refractivity contribution is 5.97. The number of carbonyl (C=O) groups excluding carboxylic acids is 2. The van der Waals surface area contributed by atoms with Crippen LogP contribution in [-0.2, 0) is 22.7 Å². The molecule has 1 aromatic carbocycles. The second-order valence-corrected chi connectivity index (χ2v) is 12.3. The molecule has 6 rings (SSSR count). The SMILES string of the molecule is O=C(CC(=O)N1CCC2(CCN(Cc3ccccc3)CC2)C1)N1CCC(N(CC2=NC=CC2)Cc2ncc[nH]2)CC1. The number of aromatic nitrogens is 2. The summed E-state index contributed by atoms with van der Waals surface area (Å²) >= 11 is 0. The van der Waals surface area contributed by atoms with Gasteiger partial charge in [-0.3, -0.25) is 24.4 Å². The van der Waals surface area contributed by atoms with Gasteiger partial charge in [-0.2, -0.15) is 0 Å². The predicted molar refractivity (Wildman–Crippen MR) is 159 cm³/mol. The van der Waals surface area contributed by atoms with Crippen molar-refractivity contribution < 1.29 is 9.59 Å². The summed E-state index contributed by atoms with van der Waals surface area (Å²) in [7, 11) is 0. The van der Waals surface area contributed by atoms with Crippen molar-refractivity contribution in [1.82, 2.24) is 29.6 Å². The zero-order valence-electron chi connectivity index (χ0n) is 24.1. The van der Waals surface area contributed by atoms with Crippen molar-refractivity contribution in [2.45, 2.75) is 64.1 Å². The third-order valence-electron chi connectivity index (χ3n) is 9.60. The van der Waals surface area contributed by atoms with Gasteiger partial charge in [-0.1, -0.05) is 36.4 Å². The molecule has 9 nitrogen and oxygen atoms in total. The summed E-state index contributed by atoms with van der Waals surface area (Å²) in [6.45, 7) is 7.67. The minimum Gasteiger partial charge on any atom is -0.348 e. The molecule has 2 aromatic rings. The van der Waals surface area contributed by atoms with E-state index in [1.165, 1.54) is 11.3 Å². The maximum atomic E-state index is 13.2. The van der Waals surface area contributed by atoms with Crippen LogP contribution in [0.3, 0.4) is 0 Å². The molecule has 4 aliphatic rings. The van der Waals surface area contributed by atoms with Crippen LogP contribution in [-0.4, -0.2) is 98.9 Å². The van der Waals surface area contributed by atoms with Gasteiger partial charge in [-0.15, -0.1) is 0 Å². The number of hydrogen-bond acceptors (Lipinski definition) is 6. The van der Waals surface area contributed by atoms with Crippen LogP contribution in [0.5, 0.6) is 0 Å². The van der Waals surface area contributed by atoms with Crippen LogP contribution in [0.2, 0.25) is 0 Å². The fourth-order valence-electron chi connectivity index (χ4n) is 7.05. The van der Waals surface area contributed by atoms with E-state index in [4.69, 9.17) is 0 Å². The Morgan fingerprint density at radius 3 is 2.41 bits per heavy atom. The molecule has 2 amide bonds. The highest BCUT2D eigenvalue weighted by Gasteiger charge is 2.42. The monoisotopic (exact) mass is 557 g/mol. The number of rotatable bonds is 9. The van der Waals surface area contributed by atoms with Crippen molar-refractivity contribution in [1.29, 1.82) is 0 Å². The number of aromatic amines is 1. The van der Waals surface area contributed by atoms with Gasteiger partial charge in [0.05, 0.1) is 6.54 Å². The third-order valence-corrected chi connectivity index (χ3v) is 9.60. The number of amides is 2. The number of nitrogens with one attached hydrogen (secondary N) is 1. The number of likely N-dealkylation sites (tertiary alicyclic amines) is 3. The molecule has 218 valence electrons. The molecule has 4 aliphatic heterocycles. The number of aliphatic imine (C=N–C) groups is 1. The van der Waals surface area contributed by atoms with E-state index < -0.39 is 0 Å². The summed E-state index contributed by atoms with van der Waals surface area (Å²) in [5, 5.41) is 0. The van der Waals surface area contributed by atoms with Crippen molar-refractivity contribution in [3.8, 4) is 0 Å². The highest BCUT2D eigenvalue weighted by atomic mass is 16.2. The van der Waals surface area contributed by atoms with Gasteiger partial charge in [0.15, 0.2) is 0 Å². The van der Waals surface area contributed by atoms with E-state index in [-0.39, 0.29) is 23.7 Å². The quantitative estimate of drug-likeness (QED) is 0.477. The average Bonchev–Trinajstić information content (AvgIpc) is 3.79. The molecule has 0 atom stereocenters. The second-order valence-electron chi connectivity index (χ2n) is 12.3. The Labute approximate surface area is 243 Å². The van der Waals surface area contributed by atoms with Gasteiger partial charge in [-0.25, -0.2) is 4.98 Å². The smallest absolute Gasteiger partial charge is 0.232 e. The number of imidazole rings is 1. The molecule has 3 fully saturated rings. The lowest BCUT2D eigenvalue weighted by atomic mass is 9.77. The Hall–Kier alpha value is -3.30. The molecule has 41 heavy (non-hydrogen) atoms. The number of hydrogen-bond donors (Lipinski definition) is 1. The van der Waals surface area contributed by atoms with Crippen molar-refractivity contribution in [3.63, 3.8) is 0 Å². The van der Waals surface area contributed by atoms with Crippen LogP contribution in [0.15, 0.2) is 60.0 Å². The standard InChI is InChI=1S/C32H43N7O2/c40-30(37-16-8-28(9-17-37)39(23-27-7-4-13-33-27)24-29-34-14-15-35-29)21-31(41)38-20-12-32(25-38)10-18-36(19-11-32)22-26-5-2-1-3-6-26/h1-6,13-15,28H,7-12,16-25H2,(H,34,35). The molecule has 0 unspecified atom stereocenters. The normalized spacial score (nSPS) is 21.2. The molecular formula is C32H43N7O2. The van der Waals surface area contributed by atoms with Crippen LogP contribution in [0.1, 0.15) is 56.3 Å².